The van der Waals surface area contributed by atoms with Crippen molar-refractivity contribution < 1.29 is 14.5 Å². The fourth-order valence-electron chi connectivity index (χ4n) is 2.55. The molecule has 0 atom stereocenters. The van der Waals surface area contributed by atoms with Crippen LogP contribution in [0.3, 0.4) is 0 Å². The summed E-state index contributed by atoms with van der Waals surface area (Å²) >= 11 is 0. The molecule has 1 saturated carbocycles. The van der Waals surface area contributed by atoms with Gasteiger partial charge in [-0.05, 0) is 24.5 Å². The molecule has 1 fully saturated rings. The quantitative estimate of drug-likeness (QED) is 0.505. The number of amides is 2. The zero-order chi connectivity index (χ0) is 16.7. The molecule has 1 aliphatic carbocycles. The SMILES string of the molecule is O=C(/C=C/c1cccc([N+](=O)[O-])c1)NNC(=O)C1CCCCC1. The molecule has 0 bridgehead atoms. The number of hydrogen-bond donors (Lipinski definition) is 2. The summed E-state index contributed by atoms with van der Waals surface area (Å²) in [6.07, 6.45) is 7.62. The van der Waals surface area contributed by atoms with Gasteiger partial charge in [-0.25, -0.2) is 0 Å². The van der Waals surface area contributed by atoms with Crippen LogP contribution in [0.15, 0.2) is 30.3 Å². The highest BCUT2D eigenvalue weighted by atomic mass is 16.6. The van der Waals surface area contributed by atoms with Crippen molar-refractivity contribution in [2.45, 2.75) is 32.1 Å². The maximum atomic E-state index is 11.9. The van der Waals surface area contributed by atoms with Gasteiger partial charge in [-0.2, -0.15) is 0 Å². The standard InChI is InChI=1S/C16H19N3O4/c20-15(17-18-16(21)13-6-2-1-3-7-13)10-9-12-5-4-8-14(11-12)19(22)23/h4-5,8-11,13H,1-3,6-7H2,(H,17,20)(H,18,21)/b10-9+. The number of non-ortho nitro benzene ring substituents is 1. The van der Waals surface area contributed by atoms with E-state index in [-0.39, 0.29) is 17.5 Å². The van der Waals surface area contributed by atoms with Crippen LogP contribution in [0.1, 0.15) is 37.7 Å². The Labute approximate surface area is 133 Å². The zero-order valence-corrected chi connectivity index (χ0v) is 12.7. The molecule has 7 heteroatoms. The summed E-state index contributed by atoms with van der Waals surface area (Å²) in [4.78, 5) is 33.7. The number of benzene rings is 1. The number of nitro groups is 1. The van der Waals surface area contributed by atoms with Crippen LogP contribution in [0, 0.1) is 16.0 Å². The van der Waals surface area contributed by atoms with Crippen molar-refractivity contribution in [1.29, 1.82) is 0 Å². The molecule has 0 spiro atoms. The van der Waals surface area contributed by atoms with Crippen LogP contribution in [-0.4, -0.2) is 16.7 Å². The summed E-state index contributed by atoms with van der Waals surface area (Å²) in [6.45, 7) is 0. The summed E-state index contributed by atoms with van der Waals surface area (Å²) in [5.74, 6) is -0.688. The maximum absolute atomic E-state index is 11.9. The largest absolute Gasteiger partial charge is 0.273 e. The van der Waals surface area contributed by atoms with E-state index in [1.54, 1.807) is 12.1 Å². The van der Waals surface area contributed by atoms with Gasteiger partial charge in [0.15, 0.2) is 0 Å². The number of carbonyl (C=O) groups is 2. The third-order valence-corrected chi connectivity index (χ3v) is 3.79. The molecule has 7 nitrogen and oxygen atoms in total. The van der Waals surface area contributed by atoms with E-state index in [0.29, 0.717) is 5.56 Å². The Morgan fingerprint density at radius 3 is 2.61 bits per heavy atom. The van der Waals surface area contributed by atoms with Crippen molar-refractivity contribution in [2.75, 3.05) is 0 Å². The van der Waals surface area contributed by atoms with Crippen molar-refractivity contribution >= 4 is 23.6 Å². The highest BCUT2D eigenvalue weighted by molar-refractivity contribution is 5.93. The molecule has 0 saturated heterocycles. The number of hydrazine groups is 1. The molecule has 0 aromatic heterocycles. The Balaban J connectivity index is 1.83. The smallest absolute Gasteiger partial charge is 0.270 e. The van der Waals surface area contributed by atoms with Crippen LogP contribution in [0.2, 0.25) is 0 Å². The van der Waals surface area contributed by atoms with Crippen molar-refractivity contribution in [2.24, 2.45) is 5.92 Å². The lowest BCUT2D eigenvalue weighted by molar-refractivity contribution is -0.384. The predicted molar refractivity (Wildman–Crippen MR) is 85.0 cm³/mol. The lowest BCUT2D eigenvalue weighted by Crippen LogP contribution is -2.44. The minimum absolute atomic E-state index is 0.0372. The second-order valence-corrected chi connectivity index (χ2v) is 5.50. The molecule has 1 aromatic carbocycles. The molecular weight excluding hydrogens is 298 g/mol. The zero-order valence-electron chi connectivity index (χ0n) is 12.7. The van der Waals surface area contributed by atoms with E-state index in [1.165, 1.54) is 24.3 Å². The van der Waals surface area contributed by atoms with Gasteiger partial charge in [0.25, 0.3) is 11.6 Å². The van der Waals surface area contributed by atoms with E-state index in [4.69, 9.17) is 0 Å². The van der Waals surface area contributed by atoms with E-state index in [9.17, 15) is 19.7 Å². The summed E-state index contributed by atoms with van der Waals surface area (Å²) in [6, 6.07) is 5.93. The maximum Gasteiger partial charge on any atom is 0.270 e. The van der Waals surface area contributed by atoms with Crippen molar-refractivity contribution in [1.82, 2.24) is 10.9 Å². The third-order valence-electron chi connectivity index (χ3n) is 3.79. The molecule has 1 aliphatic rings. The molecule has 2 N–H and O–H groups in total. The fourth-order valence-corrected chi connectivity index (χ4v) is 2.55. The molecule has 0 unspecified atom stereocenters. The van der Waals surface area contributed by atoms with E-state index < -0.39 is 10.8 Å². The Morgan fingerprint density at radius 1 is 1.17 bits per heavy atom. The summed E-state index contributed by atoms with van der Waals surface area (Å²) in [7, 11) is 0. The number of nitro benzene ring substituents is 1. The van der Waals surface area contributed by atoms with Crippen LogP contribution in [0.25, 0.3) is 6.08 Å². The van der Waals surface area contributed by atoms with Gasteiger partial charge in [-0.3, -0.25) is 30.6 Å². The number of nitrogens with one attached hydrogen (secondary N) is 2. The van der Waals surface area contributed by atoms with Gasteiger partial charge in [0.1, 0.15) is 0 Å². The molecule has 2 rings (SSSR count). The first-order valence-electron chi connectivity index (χ1n) is 7.58. The molecule has 1 aromatic rings. The fraction of sp³-hybridized carbons (Fsp3) is 0.375. The first-order chi connectivity index (χ1) is 11.1. The van der Waals surface area contributed by atoms with Crippen LogP contribution in [-0.2, 0) is 9.59 Å². The van der Waals surface area contributed by atoms with Gasteiger partial charge in [-0.15, -0.1) is 0 Å². The molecule has 23 heavy (non-hydrogen) atoms. The topological polar surface area (TPSA) is 101 Å². The van der Waals surface area contributed by atoms with Crippen LogP contribution in [0.4, 0.5) is 5.69 Å². The van der Waals surface area contributed by atoms with Crippen molar-refractivity contribution in [3.05, 3.63) is 46.0 Å². The minimum atomic E-state index is -0.498. The summed E-state index contributed by atoms with van der Waals surface area (Å²) in [5.41, 5.74) is 5.24. The number of carbonyl (C=O) groups excluding carboxylic acids is 2. The lowest BCUT2D eigenvalue weighted by atomic mass is 9.89. The molecular formula is C16H19N3O4. The Hall–Kier alpha value is -2.70. The lowest BCUT2D eigenvalue weighted by Gasteiger charge is -2.20. The normalized spacial score (nSPS) is 15.3. The second kappa shape index (κ2) is 8.07. The Kier molecular flexibility index (Phi) is 5.85. The first kappa shape index (κ1) is 16.7. The van der Waals surface area contributed by atoms with Gasteiger partial charge >= 0.3 is 0 Å². The molecule has 2 amide bonds. The summed E-state index contributed by atoms with van der Waals surface area (Å²) in [5, 5.41) is 10.7. The van der Waals surface area contributed by atoms with Crippen LogP contribution < -0.4 is 10.9 Å². The van der Waals surface area contributed by atoms with E-state index in [0.717, 1.165) is 32.1 Å². The van der Waals surface area contributed by atoms with Gasteiger partial charge in [0, 0.05) is 24.1 Å². The van der Waals surface area contributed by atoms with E-state index in [2.05, 4.69) is 10.9 Å². The van der Waals surface area contributed by atoms with Gasteiger partial charge in [0.2, 0.25) is 5.91 Å². The average Bonchev–Trinajstić information content (AvgIpc) is 2.58. The minimum Gasteiger partial charge on any atom is -0.273 e. The van der Waals surface area contributed by atoms with Crippen LogP contribution >= 0.6 is 0 Å². The first-order valence-corrected chi connectivity index (χ1v) is 7.58. The molecule has 122 valence electrons. The van der Waals surface area contributed by atoms with Gasteiger partial charge in [0.05, 0.1) is 4.92 Å². The number of rotatable bonds is 4. The van der Waals surface area contributed by atoms with E-state index >= 15 is 0 Å². The van der Waals surface area contributed by atoms with Crippen molar-refractivity contribution in [3.8, 4) is 0 Å². The predicted octanol–water partition coefficient (Wildman–Crippen LogP) is 2.34. The van der Waals surface area contributed by atoms with E-state index in [1.807, 2.05) is 0 Å². The van der Waals surface area contributed by atoms with Gasteiger partial charge < -0.3 is 0 Å². The molecule has 0 heterocycles. The third kappa shape index (κ3) is 5.21. The average molecular weight is 317 g/mol. The summed E-state index contributed by atoms with van der Waals surface area (Å²) < 4.78 is 0. The molecule has 0 radical (unpaired) electrons. The molecule has 0 aliphatic heterocycles. The van der Waals surface area contributed by atoms with Crippen molar-refractivity contribution in [3.63, 3.8) is 0 Å². The Morgan fingerprint density at radius 2 is 1.91 bits per heavy atom. The Bertz CT molecular complexity index is 622. The number of nitrogens with zero attached hydrogens (tertiary/aromatic N) is 1. The van der Waals surface area contributed by atoms with Crippen LogP contribution in [0.5, 0.6) is 0 Å². The highest BCUT2D eigenvalue weighted by Crippen LogP contribution is 2.23. The monoisotopic (exact) mass is 317 g/mol. The highest BCUT2D eigenvalue weighted by Gasteiger charge is 2.20. The van der Waals surface area contributed by atoms with Gasteiger partial charge in [-0.1, -0.05) is 31.4 Å². The second-order valence-electron chi connectivity index (χ2n) is 5.50. The number of hydrogen-bond acceptors (Lipinski definition) is 4.